The summed E-state index contributed by atoms with van der Waals surface area (Å²) in [5, 5.41) is 0. The van der Waals surface area contributed by atoms with Crippen LogP contribution in [0.2, 0.25) is 0 Å². The Hall–Kier alpha value is -0.790. The van der Waals surface area contributed by atoms with E-state index in [1.807, 2.05) is 0 Å². The molecule has 0 spiro atoms. The summed E-state index contributed by atoms with van der Waals surface area (Å²) in [5.74, 6) is -0.252. The van der Waals surface area contributed by atoms with Crippen LogP contribution < -0.4 is 0 Å². The van der Waals surface area contributed by atoms with Crippen molar-refractivity contribution in [3.63, 3.8) is 0 Å². The highest BCUT2D eigenvalue weighted by molar-refractivity contribution is 5.86. The van der Waals surface area contributed by atoms with Gasteiger partial charge in [-0.3, -0.25) is 0 Å². The van der Waals surface area contributed by atoms with Gasteiger partial charge in [-0.2, -0.15) is 0 Å². The third-order valence-electron chi connectivity index (χ3n) is 6.65. The Morgan fingerprint density at radius 3 is 1.09 bits per heavy atom. The smallest absolute Gasteiger partial charge is 0.333 e. The van der Waals surface area contributed by atoms with Crippen molar-refractivity contribution >= 4 is 5.97 Å². The number of unbranched alkanes of at least 4 members (excludes halogenated alkanes) is 20. The van der Waals surface area contributed by atoms with Gasteiger partial charge in [0.25, 0.3) is 0 Å². The van der Waals surface area contributed by atoms with Crippen LogP contribution in [-0.4, -0.2) is 12.6 Å². The molecule has 0 amide bonds. The van der Waals surface area contributed by atoms with Crippen molar-refractivity contribution < 1.29 is 9.53 Å². The lowest BCUT2D eigenvalue weighted by Gasteiger charge is -2.17. The Labute approximate surface area is 208 Å². The Kier molecular flexibility index (Phi) is 22.4. The molecule has 0 heterocycles. The Morgan fingerprint density at radius 1 is 0.545 bits per heavy atom. The summed E-state index contributed by atoms with van der Waals surface area (Å²) in [6, 6.07) is 0. The minimum atomic E-state index is -0.252. The first-order chi connectivity index (χ1) is 15.8. The molecular formula is C31H60O2. The molecule has 0 N–H and O–H groups in total. The molecule has 0 radical (unpaired) electrons. The van der Waals surface area contributed by atoms with E-state index in [9.17, 15) is 4.79 Å². The number of esters is 1. The quantitative estimate of drug-likeness (QED) is 0.0806. The third-order valence-corrected chi connectivity index (χ3v) is 6.65. The van der Waals surface area contributed by atoms with Gasteiger partial charge in [0, 0.05) is 5.57 Å². The van der Waals surface area contributed by atoms with E-state index in [1.54, 1.807) is 6.92 Å². The average Bonchev–Trinajstić information content (AvgIpc) is 2.75. The molecule has 0 aromatic heterocycles. The van der Waals surface area contributed by atoms with Gasteiger partial charge in [-0.05, 0) is 25.2 Å². The fourth-order valence-corrected chi connectivity index (χ4v) is 4.40. The molecule has 0 aliphatic heterocycles. The standard InChI is InChI=1S/C31H60O2/c1-29(2)30(32)33-28-26-24-22-20-18-16-14-12-10-8-6-7-9-11-13-15-17-19-21-23-25-27-31(3,4)5/h1,6-28H2,2-5H3. The SMILES string of the molecule is C=C(C)C(=O)OCCCCCCCCCCCCCCCCCCCCCCCC(C)(C)C. The van der Waals surface area contributed by atoms with Gasteiger partial charge in [-0.25, -0.2) is 4.79 Å². The zero-order valence-corrected chi connectivity index (χ0v) is 23.3. The first-order valence-electron chi connectivity index (χ1n) is 14.7. The van der Waals surface area contributed by atoms with E-state index in [4.69, 9.17) is 4.74 Å². The van der Waals surface area contributed by atoms with Crippen LogP contribution in [0.5, 0.6) is 0 Å². The molecule has 0 aliphatic rings. The van der Waals surface area contributed by atoms with Crippen LogP contribution in [0.3, 0.4) is 0 Å². The molecule has 0 saturated carbocycles. The van der Waals surface area contributed by atoms with E-state index in [1.165, 1.54) is 135 Å². The van der Waals surface area contributed by atoms with Crippen molar-refractivity contribution in [2.75, 3.05) is 6.61 Å². The van der Waals surface area contributed by atoms with E-state index >= 15 is 0 Å². The predicted octanol–water partition coefficient (Wildman–Crippen LogP) is 10.7. The lowest BCUT2D eigenvalue weighted by Crippen LogP contribution is -2.05. The number of hydrogen-bond donors (Lipinski definition) is 0. The maximum absolute atomic E-state index is 11.3. The Balaban J connectivity index is 3.09. The van der Waals surface area contributed by atoms with Gasteiger partial charge in [0.1, 0.15) is 0 Å². The highest BCUT2D eigenvalue weighted by atomic mass is 16.5. The summed E-state index contributed by atoms with van der Waals surface area (Å²) in [4.78, 5) is 11.3. The summed E-state index contributed by atoms with van der Waals surface area (Å²) in [6.45, 7) is 12.9. The van der Waals surface area contributed by atoms with Crippen LogP contribution in [0.25, 0.3) is 0 Å². The first-order valence-corrected chi connectivity index (χ1v) is 14.7. The highest BCUT2D eigenvalue weighted by Gasteiger charge is 2.08. The maximum atomic E-state index is 11.3. The fraction of sp³-hybridized carbons (Fsp3) is 0.903. The molecule has 0 aliphatic carbocycles. The van der Waals surface area contributed by atoms with Crippen molar-refractivity contribution in [3.8, 4) is 0 Å². The van der Waals surface area contributed by atoms with Gasteiger partial charge in [-0.1, -0.05) is 156 Å². The minimum absolute atomic E-state index is 0.252. The van der Waals surface area contributed by atoms with Crippen LogP contribution >= 0.6 is 0 Å². The van der Waals surface area contributed by atoms with Gasteiger partial charge in [0.2, 0.25) is 0 Å². The van der Waals surface area contributed by atoms with Gasteiger partial charge >= 0.3 is 5.97 Å². The van der Waals surface area contributed by atoms with Gasteiger partial charge in [0.15, 0.2) is 0 Å². The molecule has 0 aromatic carbocycles. The van der Waals surface area contributed by atoms with Crippen molar-refractivity contribution in [3.05, 3.63) is 12.2 Å². The Morgan fingerprint density at radius 2 is 0.818 bits per heavy atom. The zero-order valence-electron chi connectivity index (χ0n) is 23.3. The number of rotatable bonds is 24. The van der Waals surface area contributed by atoms with Crippen LogP contribution in [0.15, 0.2) is 12.2 Å². The summed E-state index contributed by atoms with van der Waals surface area (Å²) in [6.07, 6.45) is 30.5. The molecule has 0 unspecified atom stereocenters. The van der Waals surface area contributed by atoms with Crippen LogP contribution in [0, 0.1) is 5.41 Å². The summed E-state index contributed by atoms with van der Waals surface area (Å²) < 4.78 is 5.12. The maximum Gasteiger partial charge on any atom is 0.333 e. The molecule has 0 fully saturated rings. The molecule has 2 nitrogen and oxygen atoms in total. The van der Waals surface area contributed by atoms with E-state index in [0.717, 1.165) is 6.42 Å². The van der Waals surface area contributed by atoms with E-state index in [-0.39, 0.29) is 5.97 Å². The van der Waals surface area contributed by atoms with E-state index in [2.05, 4.69) is 27.4 Å². The average molecular weight is 465 g/mol. The van der Waals surface area contributed by atoms with Gasteiger partial charge in [-0.15, -0.1) is 0 Å². The normalized spacial score (nSPS) is 11.6. The zero-order chi connectivity index (χ0) is 24.6. The van der Waals surface area contributed by atoms with Crippen molar-refractivity contribution in [1.29, 1.82) is 0 Å². The molecule has 2 heteroatoms. The van der Waals surface area contributed by atoms with Crippen LogP contribution in [0.1, 0.15) is 169 Å². The van der Waals surface area contributed by atoms with Crippen LogP contribution in [0.4, 0.5) is 0 Å². The summed E-state index contributed by atoms with van der Waals surface area (Å²) in [5.41, 5.74) is 1.01. The van der Waals surface area contributed by atoms with Crippen molar-refractivity contribution in [2.24, 2.45) is 5.41 Å². The first kappa shape index (κ1) is 32.2. The number of carbonyl (C=O) groups is 1. The number of carbonyl (C=O) groups excluding carboxylic acids is 1. The lowest BCUT2D eigenvalue weighted by molar-refractivity contribution is -0.139. The summed E-state index contributed by atoms with van der Waals surface area (Å²) >= 11 is 0. The molecule has 0 rings (SSSR count). The lowest BCUT2D eigenvalue weighted by atomic mass is 9.89. The minimum Gasteiger partial charge on any atom is -0.462 e. The van der Waals surface area contributed by atoms with E-state index in [0.29, 0.717) is 17.6 Å². The monoisotopic (exact) mass is 464 g/mol. The molecule has 0 aromatic rings. The number of ether oxygens (including phenoxy) is 1. The summed E-state index contributed by atoms with van der Waals surface area (Å²) in [7, 11) is 0. The fourth-order valence-electron chi connectivity index (χ4n) is 4.40. The Bertz CT molecular complexity index is 446. The molecule has 196 valence electrons. The van der Waals surface area contributed by atoms with Crippen molar-refractivity contribution in [1.82, 2.24) is 0 Å². The van der Waals surface area contributed by atoms with E-state index < -0.39 is 0 Å². The highest BCUT2D eigenvalue weighted by Crippen LogP contribution is 2.22. The number of hydrogen-bond acceptors (Lipinski definition) is 2. The van der Waals surface area contributed by atoms with Gasteiger partial charge < -0.3 is 4.74 Å². The molecular weight excluding hydrogens is 404 g/mol. The largest absolute Gasteiger partial charge is 0.462 e. The van der Waals surface area contributed by atoms with Gasteiger partial charge in [0.05, 0.1) is 6.61 Å². The van der Waals surface area contributed by atoms with Crippen molar-refractivity contribution in [2.45, 2.75) is 169 Å². The third kappa shape index (κ3) is 27.3. The molecule has 33 heavy (non-hydrogen) atoms. The topological polar surface area (TPSA) is 26.3 Å². The molecule has 0 bridgehead atoms. The second-order valence-electron chi connectivity index (χ2n) is 11.7. The second-order valence-corrected chi connectivity index (χ2v) is 11.7. The molecule has 0 saturated heterocycles. The van der Waals surface area contributed by atoms with Crippen LogP contribution in [-0.2, 0) is 9.53 Å². The predicted molar refractivity (Wildman–Crippen MR) is 147 cm³/mol. The second kappa shape index (κ2) is 23.0. The molecule has 0 atom stereocenters.